The van der Waals surface area contributed by atoms with Gasteiger partial charge >= 0.3 is 5.97 Å². The molecule has 158 valence electrons. The van der Waals surface area contributed by atoms with Crippen LogP contribution in [0.25, 0.3) is 0 Å². The summed E-state index contributed by atoms with van der Waals surface area (Å²) in [5, 5.41) is 6.35. The number of allylic oxidation sites excluding steroid dienone is 1. The zero-order chi connectivity index (χ0) is 21.5. The van der Waals surface area contributed by atoms with Crippen LogP contribution >= 0.6 is 11.3 Å². The van der Waals surface area contributed by atoms with Gasteiger partial charge in [0.25, 0.3) is 5.91 Å². The molecule has 1 aliphatic rings. The molecule has 0 radical (unpaired) electrons. The number of thiophene rings is 1. The lowest BCUT2D eigenvalue weighted by Crippen LogP contribution is -2.28. The van der Waals surface area contributed by atoms with Crippen LogP contribution in [0.15, 0.2) is 42.1 Å². The second-order valence-corrected chi connectivity index (χ2v) is 8.01. The third-order valence-electron chi connectivity index (χ3n) is 4.81. The van der Waals surface area contributed by atoms with Crippen molar-refractivity contribution in [1.29, 1.82) is 0 Å². The van der Waals surface area contributed by atoms with Crippen molar-refractivity contribution in [3.05, 3.63) is 63.7 Å². The Bertz CT molecular complexity index is 963. The maximum Gasteiger partial charge on any atom is 0.341 e. The SMILES string of the molecule is CCNC(=O)/C(=C/C(=O)c1ccccc1)Nc1sc2c(c1C(=O)OCC)CCCC2. The van der Waals surface area contributed by atoms with Gasteiger partial charge < -0.3 is 15.4 Å². The maximum absolute atomic E-state index is 12.7. The van der Waals surface area contributed by atoms with Crippen molar-refractivity contribution in [2.24, 2.45) is 0 Å². The minimum absolute atomic E-state index is 0.106. The Morgan fingerprint density at radius 2 is 1.83 bits per heavy atom. The fraction of sp³-hybridized carbons (Fsp3) is 0.348. The number of likely N-dealkylation sites (N-methyl/N-ethyl adjacent to an activating group) is 1. The summed E-state index contributed by atoms with van der Waals surface area (Å²) in [6.07, 6.45) is 5.08. The highest BCUT2D eigenvalue weighted by Gasteiger charge is 2.27. The molecule has 0 aliphatic heterocycles. The normalized spacial score (nSPS) is 13.3. The summed E-state index contributed by atoms with van der Waals surface area (Å²) in [5.74, 6) is -1.09. The number of rotatable bonds is 8. The van der Waals surface area contributed by atoms with Crippen molar-refractivity contribution < 1.29 is 19.1 Å². The number of ether oxygens (including phenoxy) is 1. The van der Waals surface area contributed by atoms with Crippen molar-refractivity contribution in [3.8, 4) is 0 Å². The van der Waals surface area contributed by atoms with E-state index >= 15 is 0 Å². The lowest BCUT2D eigenvalue weighted by atomic mass is 9.95. The second kappa shape index (κ2) is 10.2. The number of ketones is 1. The summed E-state index contributed by atoms with van der Waals surface area (Å²) in [6.45, 7) is 4.27. The summed E-state index contributed by atoms with van der Waals surface area (Å²) in [6, 6.07) is 8.76. The monoisotopic (exact) mass is 426 g/mol. The van der Waals surface area contributed by atoms with Gasteiger partial charge in [-0.25, -0.2) is 4.79 Å². The Morgan fingerprint density at radius 3 is 2.53 bits per heavy atom. The molecule has 7 heteroatoms. The first-order valence-corrected chi connectivity index (χ1v) is 11.0. The predicted molar refractivity (Wildman–Crippen MR) is 118 cm³/mol. The first-order chi connectivity index (χ1) is 14.5. The third kappa shape index (κ3) is 4.97. The van der Waals surface area contributed by atoms with Gasteiger partial charge in [-0.1, -0.05) is 30.3 Å². The number of anilines is 1. The molecule has 1 amide bonds. The molecule has 1 aliphatic carbocycles. The van der Waals surface area contributed by atoms with Crippen molar-refractivity contribution in [1.82, 2.24) is 5.32 Å². The molecular formula is C23H26N2O4S. The van der Waals surface area contributed by atoms with Crippen LogP contribution in [0.5, 0.6) is 0 Å². The van der Waals surface area contributed by atoms with E-state index in [0.29, 0.717) is 22.7 Å². The minimum Gasteiger partial charge on any atom is -0.462 e. The Balaban J connectivity index is 1.99. The topological polar surface area (TPSA) is 84.5 Å². The molecule has 0 atom stereocenters. The molecule has 1 heterocycles. The zero-order valence-electron chi connectivity index (χ0n) is 17.2. The summed E-state index contributed by atoms with van der Waals surface area (Å²) in [7, 11) is 0. The molecule has 3 rings (SSSR count). The van der Waals surface area contributed by atoms with Crippen molar-refractivity contribution in [3.63, 3.8) is 0 Å². The largest absolute Gasteiger partial charge is 0.462 e. The molecule has 0 unspecified atom stereocenters. The molecule has 0 saturated carbocycles. The molecule has 2 aromatic rings. The average Bonchev–Trinajstić information content (AvgIpc) is 3.12. The molecule has 30 heavy (non-hydrogen) atoms. The van der Waals surface area contributed by atoms with Crippen molar-refractivity contribution >= 4 is 34.0 Å². The van der Waals surface area contributed by atoms with Gasteiger partial charge in [0.1, 0.15) is 10.7 Å². The van der Waals surface area contributed by atoms with E-state index in [1.165, 1.54) is 17.4 Å². The fourth-order valence-corrected chi connectivity index (χ4v) is 4.72. The molecule has 1 aromatic carbocycles. The van der Waals surface area contributed by atoms with Gasteiger partial charge in [-0.2, -0.15) is 0 Å². The minimum atomic E-state index is -0.400. The summed E-state index contributed by atoms with van der Waals surface area (Å²) >= 11 is 1.46. The highest BCUT2D eigenvalue weighted by Crippen LogP contribution is 2.39. The number of carbonyl (C=O) groups excluding carboxylic acids is 3. The third-order valence-corrected chi connectivity index (χ3v) is 6.02. The van der Waals surface area contributed by atoms with Gasteiger partial charge in [-0.05, 0) is 45.1 Å². The molecular weight excluding hydrogens is 400 g/mol. The van der Waals surface area contributed by atoms with Crippen LogP contribution in [-0.4, -0.2) is 30.8 Å². The van der Waals surface area contributed by atoms with Gasteiger partial charge in [0.05, 0.1) is 12.2 Å². The quantitative estimate of drug-likeness (QED) is 0.377. The van der Waals surface area contributed by atoms with Crippen molar-refractivity contribution in [2.45, 2.75) is 39.5 Å². The lowest BCUT2D eigenvalue weighted by Gasteiger charge is -2.13. The fourth-order valence-electron chi connectivity index (χ4n) is 3.43. The van der Waals surface area contributed by atoms with Crippen molar-refractivity contribution in [2.75, 3.05) is 18.5 Å². The lowest BCUT2D eigenvalue weighted by molar-refractivity contribution is -0.117. The Kier molecular flexibility index (Phi) is 7.41. The molecule has 0 bridgehead atoms. The number of esters is 1. The molecule has 0 saturated heterocycles. The number of nitrogens with one attached hydrogen (secondary N) is 2. The van der Waals surface area contributed by atoms with Crippen LogP contribution in [0.1, 0.15) is 57.8 Å². The van der Waals surface area contributed by atoms with Gasteiger partial charge in [-0.3, -0.25) is 9.59 Å². The first kappa shape index (κ1) is 21.8. The van der Waals surface area contributed by atoms with E-state index < -0.39 is 11.9 Å². The smallest absolute Gasteiger partial charge is 0.341 e. The first-order valence-electron chi connectivity index (χ1n) is 10.2. The van der Waals surface area contributed by atoms with Crippen LogP contribution in [0.3, 0.4) is 0 Å². The van der Waals surface area contributed by atoms with E-state index in [2.05, 4.69) is 10.6 Å². The van der Waals surface area contributed by atoms with Crippen LogP contribution in [-0.2, 0) is 22.4 Å². The highest BCUT2D eigenvalue weighted by molar-refractivity contribution is 7.16. The van der Waals surface area contributed by atoms with Gasteiger partial charge in [0.2, 0.25) is 0 Å². The number of amides is 1. The molecule has 6 nitrogen and oxygen atoms in total. The maximum atomic E-state index is 12.7. The number of benzene rings is 1. The summed E-state index contributed by atoms with van der Waals surface area (Å²) in [4.78, 5) is 39.2. The van der Waals surface area contributed by atoms with Crippen LogP contribution in [0, 0.1) is 0 Å². The number of hydrogen-bond donors (Lipinski definition) is 2. The Hall–Kier alpha value is -2.93. The van der Waals surface area contributed by atoms with E-state index in [1.54, 1.807) is 31.2 Å². The van der Waals surface area contributed by atoms with E-state index in [9.17, 15) is 14.4 Å². The Morgan fingerprint density at radius 1 is 1.10 bits per heavy atom. The van der Waals surface area contributed by atoms with Crippen LogP contribution in [0.2, 0.25) is 0 Å². The number of hydrogen-bond acceptors (Lipinski definition) is 6. The van der Waals surface area contributed by atoms with Gasteiger partial charge in [0.15, 0.2) is 5.78 Å². The van der Waals surface area contributed by atoms with Crippen LogP contribution < -0.4 is 10.6 Å². The molecule has 0 fully saturated rings. The van der Waals surface area contributed by atoms with E-state index in [-0.39, 0.29) is 18.1 Å². The highest BCUT2D eigenvalue weighted by atomic mass is 32.1. The van der Waals surface area contributed by atoms with Gasteiger partial charge in [-0.15, -0.1) is 11.3 Å². The Labute approximate surface area is 180 Å². The number of aryl methyl sites for hydroxylation is 1. The van der Waals surface area contributed by atoms with Crippen LogP contribution in [0.4, 0.5) is 5.00 Å². The summed E-state index contributed by atoms with van der Waals surface area (Å²) < 4.78 is 5.27. The standard InChI is InChI=1S/C23H26N2O4S/c1-3-24-21(27)17(14-18(26)15-10-6-5-7-11-15)25-22-20(23(28)29-4-2)16-12-8-9-13-19(16)30-22/h5-7,10-11,14,25H,3-4,8-9,12-13H2,1-2H3,(H,24,27)/b17-14-. The molecule has 2 N–H and O–H groups in total. The average molecular weight is 427 g/mol. The van der Waals surface area contributed by atoms with Gasteiger partial charge in [0, 0.05) is 23.1 Å². The zero-order valence-corrected chi connectivity index (χ0v) is 18.1. The van der Waals surface area contributed by atoms with E-state index in [4.69, 9.17) is 4.74 Å². The second-order valence-electron chi connectivity index (χ2n) is 6.91. The van der Waals surface area contributed by atoms with E-state index in [0.717, 1.165) is 36.1 Å². The number of fused-ring (bicyclic) bond motifs is 1. The molecule has 1 aromatic heterocycles. The molecule has 0 spiro atoms. The summed E-state index contributed by atoms with van der Waals surface area (Å²) in [5.41, 5.74) is 2.07. The van der Waals surface area contributed by atoms with E-state index in [1.807, 2.05) is 13.0 Å². The number of carbonyl (C=O) groups is 3. The predicted octanol–water partition coefficient (Wildman–Crippen LogP) is 4.12.